The summed E-state index contributed by atoms with van der Waals surface area (Å²) in [6.45, 7) is 1.45. The van der Waals surface area contributed by atoms with Gasteiger partial charge < -0.3 is 10.1 Å². The monoisotopic (exact) mass is 406 g/mol. The summed E-state index contributed by atoms with van der Waals surface area (Å²) >= 11 is 5.87. The number of nitrogens with zero attached hydrogens (tertiary/aromatic N) is 1. The van der Waals surface area contributed by atoms with Crippen LogP contribution in [0.3, 0.4) is 0 Å². The Labute approximate surface area is 168 Å². The fourth-order valence-corrected chi connectivity index (χ4v) is 3.96. The van der Waals surface area contributed by atoms with Crippen LogP contribution in [0.15, 0.2) is 24.3 Å². The highest BCUT2D eigenvalue weighted by Crippen LogP contribution is 2.37. The number of carbonyl (C=O) groups excluding carboxylic acids is 4. The zero-order valence-corrected chi connectivity index (χ0v) is 16.4. The molecule has 0 aromatic heterocycles. The van der Waals surface area contributed by atoms with E-state index in [0.717, 1.165) is 25.7 Å². The van der Waals surface area contributed by atoms with E-state index in [2.05, 4.69) is 5.32 Å². The second-order valence-corrected chi connectivity index (χ2v) is 7.64. The van der Waals surface area contributed by atoms with Crippen LogP contribution in [0.4, 0.5) is 5.69 Å². The maximum absolute atomic E-state index is 12.4. The van der Waals surface area contributed by atoms with E-state index in [9.17, 15) is 19.2 Å². The van der Waals surface area contributed by atoms with E-state index in [1.54, 1.807) is 24.3 Å². The van der Waals surface area contributed by atoms with Gasteiger partial charge in [-0.3, -0.25) is 24.1 Å². The summed E-state index contributed by atoms with van der Waals surface area (Å²) in [6.07, 6.45) is 2.23. The van der Waals surface area contributed by atoms with Crippen molar-refractivity contribution in [3.8, 4) is 0 Å². The van der Waals surface area contributed by atoms with Gasteiger partial charge in [0.1, 0.15) is 0 Å². The van der Waals surface area contributed by atoms with Crippen molar-refractivity contribution in [3.05, 3.63) is 29.3 Å². The number of anilines is 1. The van der Waals surface area contributed by atoms with Crippen LogP contribution in [0.1, 0.15) is 39.0 Å². The molecular weight excluding hydrogens is 384 g/mol. The van der Waals surface area contributed by atoms with E-state index in [4.69, 9.17) is 16.3 Å². The standard InChI is InChI=1S/C20H23ClN2O5/c1-12(18(25)22-14-6-4-5-13(21)11-14)28-17(24)9-10-23-19(26)15-7-2-3-8-16(15)20(23)27/h4-6,11-12,15-16H,2-3,7-10H2,1H3,(H,22,25)/t12-,15-,16+/m1/s1. The molecule has 1 saturated heterocycles. The Morgan fingerprint density at radius 2 is 1.86 bits per heavy atom. The Hall–Kier alpha value is -2.41. The number of nitrogens with one attached hydrogen (secondary N) is 1. The van der Waals surface area contributed by atoms with Crippen molar-refractivity contribution in [2.45, 2.75) is 45.1 Å². The molecule has 0 unspecified atom stereocenters. The predicted octanol–water partition coefficient (Wildman–Crippen LogP) is 2.78. The van der Waals surface area contributed by atoms with E-state index < -0.39 is 18.0 Å². The summed E-state index contributed by atoms with van der Waals surface area (Å²) in [5.41, 5.74) is 0.497. The van der Waals surface area contributed by atoms with Crippen LogP contribution < -0.4 is 5.32 Å². The number of esters is 1. The second kappa shape index (κ2) is 8.73. The van der Waals surface area contributed by atoms with Crippen molar-refractivity contribution in [3.63, 3.8) is 0 Å². The van der Waals surface area contributed by atoms with Gasteiger partial charge in [-0.05, 0) is 38.0 Å². The summed E-state index contributed by atoms with van der Waals surface area (Å²) in [7, 11) is 0. The topological polar surface area (TPSA) is 92.8 Å². The molecule has 3 amide bonds. The lowest BCUT2D eigenvalue weighted by Gasteiger charge is -2.19. The fraction of sp³-hybridized carbons (Fsp3) is 0.500. The third kappa shape index (κ3) is 4.52. The van der Waals surface area contributed by atoms with E-state index in [0.29, 0.717) is 10.7 Å². The van der Waals surface area contributed by atoms with Gasteiger partial charge in [0.05, 0.1) is 18.3 Å². The summed E-state index contributed by atoms with van der Waals surface area (Å²) in [5.74, 6) is -1.97. The number of amides is 3. The number of likely N-dealkylation sites (tertiary alicyclic amines) is 1. The maximum Gasteiger partial charge on any atom is 0.308 e. The SMILES string of the molecule is C[C@@H](OC(=O)CCN1C(=O)[C@H]2CCCC[C@H]2C1=O)C(=O)Nc1cccc(Cl)c1. The molecule has 1 aliphatic heterocycles. The van der Waals surface area contributed by atoms with E-state index in [1.807, 2.05) is 0 Å². The molecule has 1 aromatic carbocycles. The van der Waals surface area contributed by atoms with Crippen molar-refractivity contribution < 1.29 is 23.9 Å². The third-order valence-corrected chi connectivity index (χ3v) is 5.48. The zero-order chi connectivity index (χ0) is 20.3. The minimum absolute atomic E-state index is 0.00781. The first-order valence-corrected chi connectivity index (χ1v) is 9.85. The van der Waals surface area contributed by atoms with Gasteiger partial charge in [0.25, 0.3) is 5.91 Å². The lowest BCUT2D eigenvalue weighted by molar-refractivity contribution is -0.154. The minimum atomic E-state index is -1.01. The number of ether oxygens (including phenoxy) is 1. The maximum atomic E-state index is 12.4. The Bertz CT molecular complexity index is 773. The number of benzene rings is 1. The molecule has 1 saturated carbocycles. The summed E-state index contributed by atoms with van der Waals surface area (Å²) in [4.78, 5) is 50.2. The highest BCUT2D eigenvalue weighted by atomic mass is 35.5. The zero-order valence-electron chi connectivity index (χ0n) is 15.7. The normalized spacial score (nSPS) is 22.6. The van der Waals surface area contributed by atoms with Crippen molar-refractivity contribution in [1.29, 1.82) is 0 Å². The lowest BCUT2D eigenvalue weighted by Crippen LogP contribution is -2.35. The Kier molecular flexibility index (Phi) is 6.34. The van der Waals surface area contributed by atoms with Gasteiger partial charge in [0, 0.05) is 17.3 Å². The van der Waals surface area contributed by atoms with Crippen LogP contribution >= 0.6 is 11.6 Å². The smallest absolute Gasteiger partial charge is 0.308 e. The average molecular weight is 407 g/mol. The van der Waals surface area contributed by atoms with E-state index >= 15 is 0 Å². The summed E-state index contributed by atoms with van der Waals surface area (Å²) in [6, 6.07) is 6.62. The molecule has 8 heteroatoms. The second-order valence-electron chi connectivity index (χ2n) is 7.21. The van der Waals surface area contributed by atoms with Crippen molar-refractivity contribution in [1.82, 2.24) is 4.90 Å². The van der Waals surface area contributed by atoms with Gasteiger partial charge in [-0.15, -0.1) is 0 Å². The molecule has 1 heterocycles. The lowest BCUT2D eigenvalue weighted by atomic mass is 9.81. The van der Waals surface area contributed by atoms with Crippen LogP contribution in [-0.4, -0.2) is 41.2 Å². The van der Waals surface area contributed by atoms with E-state index in [-0.39, 0.29) is 36.6 Å². The van der Waals surface area contributed by atoms with Gasteiger partial charge in [-0.1, -0.05) is 30.5 Å². The highest BCUT2D eigenvalue weighted by molar-refractivity contribution is 6.30. The molecule has 150 valence electrons. The summed E-state index contributed by atoms with van der Waals surface area (Å²) < 4.78 is 5.13. The fourth-order valence-electron chi connectivity index (χ4n) is 3.77. The van der Waals surface area contributed by atoms with Crippen molar-refractivity contribution in [2.24, 2.45) is 11.8 Å². The third-order valence-electron chi connectivity index (χ3n) is 5.24. The quantitative estimate of drug-likeness (QED) is 0.579. The molecule has 28 heavy (non-hydrogen) atoms. The van der Waals surface area contributed by atoms with Crippen molar-refractivity contribution in [2.75, 3.05) is 11.9 Å². The van der Waals surface area contributed by atoms with Gasteiger partial charge in [-0.25, -0.2) is 0 Å². The number of hydrogen-bond donors (Lipinski definition) is 1. The van der Waals surface area contributed by atoms with Crippen molar-refractivity contribution >= 4 is 41.0 Å². The molecule has 0 radical (unpaired) electrons. The molecule has 1 aromatic rings. The number of hydrogen-bond acceptors (Lipinski definition) is 5. The Balaban J connectivity index is 1.48. The molecule has 2 aliphatic rings. The van der Waals surface area contributed by atoms with Crippen LogP contribution in [-0.2, 0) is 23.9 Å². The molecule has 1 N–H and O–H groups in total. The van der Waals surface area contributed by atoms with Gasteiger partial charge in [0.15, 0.2) is 6.10 Å². The molecule has 3 atom stereocenters. The van der Waals surface area contributed by atoms with Crippen LogP contribution in [0, 0.1) is 11.8 Å². The summed E-state index contributed by atoms with van der Waals surface area (Å²) in [5, 5.41) is 3.09. The van der Waals surface area contributed by atoms with Gasteiger partial charge >= 0.3 is 5.97 Å². The molecular formula is C20H23ClN2O5. The highest BCUT2D eigenvalue weighted by Gasteiger charge is 2.47. The number of rotatable bonds is 6. The molecule has 7 nitrogen and oxygen atoms in total. The number of halogens is 1. The molecule has 2 fully saturated rings. The molecule has 1 aliphatic carbocycles. The number of carbonyl (C=O) groups is 4. The first kappa shape index (κ1) is 20.3. The first-order chi connectivity index (χ1) is 13.4. The van der Waals surface area contributed by atoms with Crippen LogP contribution in [0.5, 0.6) is 0 Å². The van der Waals surface area contributed by atoms with Gasteiger partial charge in [0.2, 0.25) is 11.8 Å². The minimum Gasteiger partial charge on any atom is -0.452 e. The van der Waals surface area contributed by atoms with Crippen LogP contribution in [0.25, 0.3) is 0 Å². The molecule has 0 bridgehead atoms. The van der Waals surface area contributed by atoms with E-state index in [1.165, 1.54) is 11.8 Å². The largest absolute Gasteiger partial charge is 0.452 e. The number of fused-ring (bicyclic) bond motifs is 1. The molecule has 3 rings (SSSR count). The Morgan fingerprint density at radius 3 is 2.46 bits per heavy atom. The predicted molar refractivity (Wildman–Crippen MR) is 102 cm³/mol. The average Bonchev–Trinajstić information content (AvgIpc) is 2.91. The molecule has 0 spiro atoms. The van der Waals surface area contributed by atoms with Gasteiger partial charge in [-0.2, -0.15) is 0 Å². The Morgan fingerprint density at radius 1 is 1.21 bits per heavy atom. The number of imide groups is 1. The first-order valence-electron chi connectivity index (χ1n) is 9.48. The van der Waals surface area contributed by atoms with Crippen LogP contribution in [0.2, 0.25) is 5.02 Å².